The second-order valence-electron chi connectivity index (χ2n) is 4.07. The maximum absolute atomic E-state index is 6.00. The van der Waals surface area contributed by atoms with Gasteiger partial charge >= 0.3 is 0 Å². The highest BCUT2D eigenvalue weighted by atomic mass is 35.5. The molecular weight excluding hydrogens is 280 g/mol. The number of nitrogens with zero attached hydrogens (tertiary/aromatic N) is 4. The molecule has 6 heteroatoms. The van der Waals surface area contributed by atoms with Crippen LogP contribution in [0.2, 0.25) is 5.02 Å². The first kappa shape index (κ1) is 12.4. The molecule has 0 radical (unpaired) electrons. The van der Waals surface area contributed by atoms with Crippen LogP contribution in [-0.2, 0) is 0 Å². The zero-order valence-electron chi connectivity index (χ0n) is 10.2. The quantitative estimate of drug-likeness (QED) is 0.691. The third kappa shape index (κ3) is 2.72. The maximum Gasteiger partial charge on any atom is 0.253 e. The predicted molar refractivity (Wildman–Crippen MR) is 76.5 cm³/mol. The Morgan fingerprint density at radius 1 is 1.32 bits per heavy atom. The van der Waals surface area contributed by atoms with E-state index in [-0.39, 0.29) is 5.25 Å². The molecule has 0 bridgehead atoms. The third-order valence-corrected chi connectivity index (χ3v) is 3.94. The molecule has 0 N–H and O–H groups in total. The van der Waals surface area contributed by atoms with Crippen LogP contribution in [0.1, 0.15) is 17.7 Å². The highest BCUT2D eigenvalue weighted by Gasteiger charge is 2.12. The smallest absolute Gasteiger partial charge is 0.220 e. The lowest BCUT2D eigenvalue weighted by Gasteiger charge is -2.08. The van der Waals surface area contributed by atoms with Crippen LogP contribution in [0.15, 0.2) is 47.9 Å². The lowest BCUT2D eigenvalue weighted by atomic mass is 10.2. The normalized spacial score (nSPS) is 12.7. The molecule has 1 aromatic carbocycles. The van der Waals surface area contributed by atoms with E-state index in [1.54, 1.807) is 22.5 Å². The highest BCUT2D eigenvalue weighted by Crippen LogP contribution is 2.33. The van der Waals surface area contributed by atoms with E-state index in [2.05, 4.69) is 28.1 Å². The zero-order valence-corrected chi connectivity index (χ0v) is 11.8. The monoisotopic (exact) mass is 290 g/mol. The van der Waals surface area contributed by atoms with Gasteiger partial charge in [-0.2, -0.15) is 4.98 Å². The minimum absolute atomic E-state index is 0.233. The fourth-order valence-electron chi connectivity index (χ4n) is 1.75. The number of hydrogen-bond acceptors (Lipinski definition) is 4. The molecular formula is C13H11ClN4S. The Hall–Kier alpha value is -1.59. The summed E-state index contributed by atoms with van der Waals surface area (Å²) in [6.45, 7) is 2.11. The van der Waals surface area contributed by atoms with Crippen LogP contribution in [0, 0.1) is 0 Å². The molecule has 3 rings (SSSR count). The van der Waals surface area contributed by atoms with E-state index in [0.29, 0.717) is 10.9 Å². The summed E-state index contributed by atoms with van der Waals surface area (Å²) in [4.78, 5) is 8.52. The summed E-state index contributed by atoms with van der Waals surface area (Å²) in [5, 5.41) is 6.07. The molecule has 0 aliphatic rings. The fourth-order valence-corrected chi connectivity index (χ4v) is 2.82. The van der Waals surface area contributed by atoms with Crippen molar-refractivity contribution >= 4 is 29.1 Å². The molecule has 0 amide bonds. The molecule has 0 unspecified atom stereocenters. The predicted octanol–water partition coefficient (Wildman–Crippen LogP) is 3.63. The molecule has 1 atom stereocenters. The van der Waals surface area contributed by atoms with E-state index >= 15 is 0 Å². The highest BCUT2D eigenvalue weighted by molar-refractivity contribution is 7.99. The van der Waals surface area contributed by atoms with Crippen molar-refractivity contribution in [2.24, 2.45) is 0 Å². The van der Waals surface area contributed by atoms with Gasteiger partial charge in [-0.1, -0.05) is 35.5 Å². The molecule has 2 aromatic heterocycles. The van der Waals surface area contributed by atoms with Crippen molar-refractivity contribution in [3.05, 3.63) is 53.3 Å². The molecule has 0 aliphatic carbocycles. The summed E-state index contributed by atoms with van der Waals surface area (Å²) in [5.74, 6) is 0.614. The van der Waals surface area contributed by atoms with E-state index in [9.17, 15) is 0 Å². The third-order valence-electron chi connectivity index (χ3n) is 2.70. The van der Waals surface area contributed by atoms with Gasteiger partial charge in [0.25, 0.3) is 5.78 Å². The van der Waals surface area contributed by atoms with Gasteiger partial charge in [-0.15, -0.1) is 5.10 Å². The minimum atomic E-state index is 0.233. The van der Waals surface area contributed by atoms with Crippen LogP contribution in [0.25, 0.3) is 5.78 Å². The van der Waals surface area contributed by atoms with E-state index in [1.165, 1.54) is 0 Å². The van der Waals surface area contributed by atoms with E-state index in [1.807, 2.05) is 30.5 Å². The Bertz CT molecular complexity index is 679. The van der Waals surface area contributed by atoms with Gasteiger partial charge in [0.15, 0.2) is 0 Å². The minimum Gasteiger partial charge on any atom is -0.220 e. The molecule has 0 aliphatic heterocycles. The summed E-state index contributed by atoms with van der Waals surface area (Å²) in [6.07, 6.45) is 3.54. The number of rotatable bonds is 3. The maximum atomic E-state index is 6.00. The van der Waals surface area contributed by atoms with Crippen LogP contribution in [0.4, 0.5) is 0 Å². The summed E-state index contributed by atoms with van der Waals surface area (Å²) in [5.41, 5.74) is 1.16. The first-order valence-corrected chi connectivity index (χ1v) is 7.07. The summed E-state index contributed by atoms with van der Waals surface area (Å²) >= 11 is 7.59. The Morgan fingerprint density at radius 2 is 2.21 bits per heavy atom. The average Bonchev–Trinajstić information content (AvgIpc) is 2.80. The molecule has 2 heterocycles. The van der Waals surface area contributed by atoms with Crippen LogP contribution in [0.5, 0.6) is 0 Å². The molecule has 4 nitrogen and oxygen atoms in total. The molecule has 0 saturated carbocycles. The molecule has 0 fully saturated rings. The fraction of sp³-hybridized carbons (Fsp3) is 0.154. The summed E-state index contributed by atoms with van der Waals surface area (Å²) in [6, 6.07) is 9.67. The standard InChI is InChI=1S/C13H11ClN4S/c1-9(10-4-2-5-11(14)8-10)19-13-16-12-15-6-3-7-18(12)17-13/h2-9H,1H3/t9-/m0/s1. The average molecular weight is 291 g/mol. The van der Waals surface area contributed by atoms with Crippen molar-refractivity contribution < 1.29 is 0 Å². The van der Waals surface area contributed by atoms with Crippen molar-refractivity contribution in [2.45, 2.75) is 17.3 Å². The van der Waals surface area contributed by atoms with E-state index in [4.69, 9.17) is 11.6 Å². The largest absolute Gasteiger partial charge is 0.253 e. The second kappa shape index (κ2) is 5.19. The van der Waals surface area contributed by atoms with Gasteiger partial charge in [0, 0.05) is 22.7 Å². The molecule has 0 spiro atoms. The van der Waals surface area contributed by atoms with Gasteiger partial charge in [0.1, 0.15) is 0 Å². The van der Waals surface area contributed by atoms with Gasteiger partial charge < -0.3 is 0 Å². The lowest BCUT2D eigenvalue weighted by molar-refractivity contribution is 0.875. The summed E-state index contributed by atoms with van der Waals surface area (Å²) in [7, 11) is 0. The Labute approximate surface area is 119 Å². The van der Waals surface area contributed by atoms with Crippen LogP contribution >= 0.6 is 23.4 Å². The van der Waals surface area contributed by atoms with Gasteiger partial charge in [-0.3, -0.25) is 0 Å². The zero-order chi connectivity index (χ0) is 13.2. The SMILES string of the molecule is C[C@H](Sc1nc2ncccn2n1)c1cccc(Cl)c1. The molecule has 96 valence electrons. The van der Waals surface area contributed by atoms with Gasteiger partial charge in [-0.25, -0.2) is 9.50 Å². The Morgan fingerprint density at radius 3 is 3.00 bits per heavy atom. The number of thioether (sulfide) groups is 1. The van der Waals surface area contributed by atoms with Crippen LogP contribution < -0.4 is 0 Å². The van der Waals surface area contributed by atoms with Crippen molar-refractivity contribution in [3.63, 3.8) is 0 Å². The number of hydrogen-bond donors (Lipinski definition) is 0. The van der Waals surface area contributed by atoms with Crippen molar-refractivity contribution in [1.29, 1.82) is 0 Å². The van der Waals surface area contributed by atoms with Crippen molar-refractivity contribution in [2.75, 3.05) is 0 Å². The Balaban J connectivity index is 1.84. The summed E-state index contributed by atoms with van der Waals surface area (Å²) < 4.78 is 1.67. The molecule has 19 heavy (non-hydrogen) atoms. The van der Waals surface area contributed by atoms with Gasteiger partial charge in [0.05, 0.1) is 0 Å². The molecule has 3 aromatic rings. The second-order valence-corrected chi connectivity index (χ2v) is 5.82. The first-order chi connectivity index (χ1) is 9.22. The van der Waals surface area contributed by atoms with Crippen molar-refractivity contribution in [1.82, 2.24) is 19.6 Å². The lowest BCUT2D eigenvalue weighted by Crippen LogP contribution is -1.90. The first-order valence-electron chi connectivity index (χ1n) is 5.82. The van der Waals surface area contributed by atoms with Gasteiger partial charge in [0.2, 0.25) is 5.16 Å². The number of halogens is 1. The van der Waals surface area contributed by atoms with E-state index in [0.717, 1.165) is 10.6 Å². The number of fused-ring (bicyclic) bond motifs is 1. The van der Waals surface area contributed by atoms with Gasteiger partial charge in [-0.05, 0) is 30.7 Å². The molecule has 0 saturated heterocycles. The number of aromatic nitrogens is 4. The number of benzene rings is 1. The van der Waals surface area contributed by atoms with Crippen LogP contribution in [-0.4, -0.2) is 19.6 Å². The topological polar surface area (TPSA) is 43.1 Å². The van der Waals surface area contributed by atoms with E-state index < -0.39 is 0 Å². The Kier molecular flexibility index (Phi) is 3.40. The van der Waals surface area contributed by atoms with Crippen LogP contribution in [0.3, 0.4) is 0 Å². The van der Waals surface area contributed by atoms with Crippen molar-refractivity contribution in [3.8, 4) is 0 Å².